The van der Waals surface area contributed by atoms with Crippen molar-refractivity contribution in [1.82, 2.24) is 15.5 Å². The van der Waals surface area contributed by atoms with Crippen LogP contribution >= 0.6 is 0 Å². The van der Waals surface area contributed by atoms with Crippen LogP contribution in [-0.4, -0.2) is 42.8 Å². The molecule has 0 aromatic heterocycles. The van der Waals surface area contributed by atoms with Gasteiger partial charge in [0, 0.05) is 19.1 Å². The number of benzene rings is 2. The van der Waals surface area contributed by atoms with E-state index in [9.17, 15) is 4.79 Å². The first-order chi connectivity index (χ1) is 14.2. The van der Waals surface area contributed by atoms with Crippen LogP contribution < -0.4 is 20.1 Å². The Morgan fingerprint density at radius 2 is 1.83 bits per heavy atom. The van der Waals surface area contributed by atoms with E-state index in [4.69, 9.17) is 9.47 Å². The minimum absolute atomic E-state index is 0.0226. The molecule has 2 aromatic rings. The van der Waals surface area contributed by atoms with Gasteiger partial charge in [0.15, 0.2) is 11.5 Å². The molecule has 0 saturated carbocycles. The van der Waals surface area contributed by atoms with Gasteiger partial charge in [0.05, 0.1) is 6.04 Å². The predicted octanol–water partition coefficient (Wildman–Crippen LogP) is 2.67. The summed E-state index contributed by atoms with van der Waals surface area (Å²) >= 11 is 0. The smallest absolute Gasteiger partial charge is 0.237 e. The minimum Gasteiger partial charge on any atom is -0.454 e. The maximum atomic E-state index is 12.5. The highest BCUT2D eigenvalue weighted by Gasteiger charge is 2.23. The Morgan fingerprint density at radius 3 is 2.62 bits per heavy atom. The lowest BCUT2D eigenvalue weighted by Crippen LogP contribution is -2.50. The molecule has 29 heavy (non-hydrogen) atoms. The van der Waals surface area contributed by atoms with Crippen molar-refractivity contribution in [2.24, 2.45) is 0 Å². The van der Waals surface area contributed by atoms with Crippen LogP contribution in [0, 0.1) is 0 Å². The summed E-state index contributed by atoms with van der Waals surface area (Å²) in [6.45, 7) is 5.79. The fourth-order valence-electron chi connectivity index (χ4n) is 3.92. The molecule has 0 bridgehead atoms. The number of nitrogens with one attached hydrogen (secondary N) is 2. The molecule has 154 valence electrons. The highest BCUT2D eigenvalue weighted by Crippen LogP contribution is 2.32. The van der Waals surface area contributed by atoms with Crippen LogP contribution in [0.1, 0.15) is 30.9 Å². The molecule has 1 saturated heterocycles. The molecule has 1 unspecified atom stereocenters. The second-order valence-electron chi connectivity index (χ2n) is 7.83. The number of hydrogen-bond acceptors (Lipinski definition) is 5. The summed E-state index contributed by atoms with van der Waals surface area (Å²) in [6, 6.07) is 16.5. The number of carbonyl (C=O) groups is 1. The first-order valence-corrected chi connectivity index (χ1v) is 10.4. The SMILES string of the molecule is CC(NC1CCN(Cc2ccccc2)CC1)C(=O)NCc1ccc2c(c1)OCO2. The third-order valence-electron chi connectivity index (χ3n) is 5.62. The molecule has 6 nitrogen and oxygen atoms in total. The van der Waals surface area contributed by atoms with Crippen molar-refractivity contribution in [3.05, 3.63) is 59.7 Å². The number of piperidine rings is 1. The number of fused-ring (bicyclic) bond motifs is 1. The normalized spacial score (nSPS) is 17.8. The Hall–Kier alpha value is -2.57. The number of hydrogen-bond donors (Lipinski definition) is 2. The number of likely N-dealkylation sites (tertiary alicyclic amines) is 1. The summed E-state index contributed by atoms with van der Waals surface area (Å²) in [5.74, 6) is 1.52. The topological polar surface area (TPSA) is 62.8 Å². The molecule has 0 aliphatic carbocycles. The largest absolute Gasteiger partial charge is 0.454 e. The van der Waals surface area contributed by atoms with E-state index in [2.05, 4.69) is 45.9 Å². The van der Waals surface area contributed by atoms with E-state index in [1.54, 1.807) is 0 Å². The van der Waals surface area contributed by atoms with Gasteiger partial charge in [-0.15, -0.1) is 0 Å². The van der Waals surface area contributed by atoms with E-state index >= 15 is 0 Å². The monoisotopic (exact) mass is 395 g/mol. The van der Waals surface area contributed by atoms with Crippen molar-refractivity contribution in [2.45, 2.75) is 44.9 Å². The molecule has 6 heteroatoms. The first-order valence-electron chi connectivity index (χ1n) is 10.4. The molecule has 0 spiro atoms. The summed E-state index contributed by atoms with van der Waals surface area (Å²) < 4.78 is 10.7. The van der Waals surface area contributed by atoms with Crippen LogP contribution in [0.3, 0.4) is 0 Å². The predicted molar refractivity (Wildman–Crippen MR) is 112 cm³/mol. The van der Waals surface area contributed by atoms with Crippen LogP contribution in [0.4, 0.5) is 0 Å². The lowest BCUT2D eigenvalue weighted by atomic mass is 10.0. The standard InChI is InChI=1S/C23H29N3O3/c1-17(23(27)24-14-19-7-8-21-22(13-19)29-16-28-21)25-20-9-11-26(12-10-20)15-18-5-3-2-4-6-18/h2-8,13,17,20,25H,9-12,14-16H2,1H3,(H,24,27). The molecule has 1 fully saturated rings. The first kappa shape index (κ1) is 19.7. The van der Waals surface area contributed by atoms with Gasteiger partial charge < -0.3 is 20.1 Å². The lowest BCUT2D eigenvalue weighted by Gasteiger charge is -2.33. The van der Waals surface area contributed by atoms with Crippen molar-refractivity contribution in [2.75, 3.05) is 19.9 Å². The fourth-order valence-corrected chi connectivity index (χ4v) is 3.92. The van der Waals surface area contributed by atoms with Gasteiger partial charge in [-0.1, -0.05) is 36.4 Å². The molecule has 2 aliphatic rings. The van der Waals surface area contributed by atoms with Gasteiger partial charge in [0.1, 0.15) is 0 Å². The van der Waals surface area contributed by atoms with E-state index in [1.807, 2.05) is 25.1 Å². The zero-order valence-corrected chi connectivity index (χ0v) is 16.9. The Bertz CT molecular complexity index is 819. The van der Waals surface area contributed by atoms with E-state index in [0.717, 1.165) is 49.5 Å². The highest BCUT2D eigenvalue weighted by molar-refractivity contribution is 5.81. The summed E-state index contributed by atoms with van der Waals surface area (Å²) in [4.78, 5) is 15.0. The van der Waals surface area contributed by atoms with Gasteiger partial charge in [-0.3, -0.25) is 9.69 Å². The molecule has 2 N–H and O–H groups in total. The zero-order valence-electron chi connectivity index (χ0n) is 16.9. The van der Waals surface area contributed by atoms with E-state index in [1.165, 1.54) is 5.56 Å². The molecular weight excluding hydrogens is 366 g/mol. The highest BCUT2D eigenvalue weighted by atomic mass is 16.7. The van der Waals surface area contributed by atoms with E-state index in [0.29, 0.717) is 12.6 Å². The summed E-state index contributed by atoms with van der Waals surface area (Å²) in [5.41, 5.74) is 2.36. The molecule has 1 atom stereocenters. The number of rotatable bonds is 7. The van der Waals surface area contributed by atoms with Crippen molar-refractivity contribution < 1.29 is 14.3 Å². The quantitative estimate of drug-likeness (QED) is 0.755. The molecule has 0 radical (unpaired) electrons. The molecule has 2 aliphatic heterocycles. The Morgan fingerprint density at radius 1 is 1.07 bits per heavy atom. The second-order valence-corrected chi connectivity index (χ2v) is 7.83. The van der Waals surface area contributed by atoms with Crippen molar-refractivity contribution in [1.29, 1.82) is 0 Å². The van der Waals surface area contributed by atoms with Gasteiger partial charge in [-0.05, 0) is 56.1 Å². The van der Waals surface area contributed by atoms with Crippen LogP contribution in [0.25, 0.3) is 0 Å². The summed E-state index contributed by atoms with van der Waals surface area (Å²) in [7, 11) is 0. The van der Waals surface area contributed by atoms with Gasteiger partial charge >= 0.3 is 0 Å². The van der Waals surface area contributed by atoms with Crippen LogP contribution in [-0.2, 0) is 17.9 Å². The number of amides is 1. The van der Waals surface area contributed by atoms with Gasteiger partial charge in [0.2, 0.25) is 12.7 Å². The minimum atomic E-state index is -0.213. The maximum absolute atomic E-state index is 12.5. The molecule has 2 heterocycles. The Balaban J connectivity index is 1.18. The maximum Gasteiger partial charge on any atom is 0.237 e. The van der Waals surface area contributed by atoms with Crippen LogP contribution in [0.15, 0.2) is 48.5 Å². The average Bonchev–Trinajstić information content (AvgIpc) is 3.22. The fraction of sp³-hybridized carbons (Fsp3) is 0.435. The third-order valence-corrected chi connectivity index (χ3v) is 5.62. The zero-order chi connectivity index (χ0) is 20.1. The van der Waals surface area contributed by atoms with Crippen molar-refractivity contribution in [3.63, 3.8) is 0 Å². The molecule has 1 amide bonds. The second kappa shape index (κ2) is 9.29. The van der Waals surface area contributed by atoms with Crippen molar-refractivity contribution in [3.8, 4) is 11.5 Å². The van der Waals surface area contributed by atoms with Crippen molar-refractivity contribution >= 4 is 5.91 Å². The Kier molecular flexibility index (Phi) is 6.32. The third kappa shape index (κ3) is 5.28. The summed E-state index contributed by atoms with van der Waals surface area (Å²) in [6.07, 6.45) is 2.12. The number of carbonyl (C=O) groups excluding carboxylic acids is 1. The van der Waals surface area contributed by atoms with Gasteiger partial charge in [0.25, 0.3) is 0 Å². The lowest BCUT2D eigenvalue weighted by molar-refractivity contribution is -0.123. The van der Waals surface area contributed by atoms with Crippen LogP contribution in [0.5, 0.6) is 11.5 Å². The van der Waals surface area contributed by atoms with E-state index < -0.39 is 0 Å². The number of ether oxygens (including phenoxy) is 2. The van der Waals surface area contributed by atoms with Gasteiger partial charge in [-0.2, -0.15) is 0 Å². The van der Waals surface area contributed by atoms with Gasteiger partial charge in [-0.25, -0.2) is 0 Å². The van der Waals surface area contributed by atoms with Crippen LogP contribution in [0.2, 0.25) is 0 Å². The average molecular weight is 396 g/mol. The molecular formula is C23H29N3O3. The van der Waals surface area contributed by atoms with E-state index in [-0.39, 0.29) is 18.7 Å². The molecule has 2 aromatic carbocycles. The molecule has 4 rings (SSSR count). The Labute approximate surface area is 172 Å². The number of nitrogens with zero attached hydrogens (tertiary/aromatic N) is 1. The summed E-state index contributed by atoms with van der Waals surface area (Å²) in [5, 5.41) is 6.51.